The van der Waals surface area contributed by atoms with Gasteiger partial charge in [-0.15, -0.1) is 21.5 Å². The van der Waals surface area contributed by atoms with Gasteiger partial charge in [0, 0.05) is 25.9 Å². The lowest BCUT2D eigenvalue weighted by Crippen LogP contribution is -2.38. The first-order valence-electron chi connectivity index (χ1n) is 8.11. The first-order valence-corrected chi connectivity index (χ1v) is 8.93. The normalized spacial score (nSPS) is 16.0. The summed E-state index contributed by atoms with van der Waals surface area (Å²) >= 11 is 1.77. The molecule has 24 heavy (non-hydrogen) atoms. The van der Waals surface area contributed by atoms with Crippen LogP contribution >= 0.6 is 11.3 Å². The lowest BCUT2D eigenvalue weighted by Gasteiger charge is -2.30. The van der Waals surface area contributed by atoms with Gasteiger partial charge in [0.25, 0.3) is 0 Å². The zero-order chi connectivity index (χ0) is 16.5. The molecule has 1 saturated heterocycles. The van der Waals surface area contributed by atoms with Gasteiger partial charge in [-0.2, -0.15) is 0 Å². The second-order valence-corrected chi connectivity index (χ2v) is 7.13. The zero-order valence-electron chi connectivity index (χ0n) is 13.4. The van der Waals surface area contributed by atoms with Crippen molar-refractivity contribution in [2.45, 2.75) is 32.1 Å². The molecule has 2 aromatic heterocycles. The number of aromatic nitrogens is 3. The summed E-state index contributed by atoms with van der Waals surface area (Å²) in [6, 6.07) is 8.24. The fraction of sp³-hybridized carbons (Fsp3) is 0.412. The van der Waals surface area contributed by atoms with Gasteiger partial charge >= 0.3 is 0 Å². The van der Waals surface area contributed by atoms with Crippen LogP contribution in [0.15, 0.2) is 28.7 Å². The van der Waals surface area contributed by atoms with Gasteiger partial charge in [0.2, 0.25) is 17.7 Å². The molecule has 0 unspecified atom stereocenters. The largest absolute Gasteiger partial charge is 0.425 e. The van der Waals surface area contributed by atoms with Crippen molar-refractivity contribution in [3.05, 3.63) is 41.1 Å². The fourth-order valence-electron chi connectivity index (χ4n) is 3.09. The average molecular weight is 342 g/mol. The van der Waals surface area contributed by atoms with Crippen LogP contribution in [0.5, 0.6) is 0 Å². The number of aryl methyl sites for hydroxylation is 1. The molecule has 0 saturated carbocycles. The van der Waals surface area contributed by atoms with Crippen LogP contribution in [-0.2, 0) is 11.2 Å². The number of carbonyl (C=O) groups is 1. The number of piperidine rings is 1. The number of fused-ring (bicyclic) bond motifs is 1. The highest BCUT2D eigenvalue weighted by molar-refractivity contribution is 7.18. The molecule has 0 bridgehead atoms. The van der Waals surface area contributed by atoms with E-state index in [1.807, 2.05) is 17.0 Å². The number of likely N-dealkylation sites (tertiary alicyclic amines) is 1. The van der Waals surface area contributed by atoms with Crippen molar-refractivity contribution in [1.82, 2.24) is 20.1 Å². The van der Waals surface area contributed by atoms with Gasteiger partial charge in [-0.3, -0.25) is 4.79 Å². The van der Waals surface area contributed by atoms with E-state index in [4.69, 9.17) is 9.40 Å². The smallest absolute Gasteiger partial charge is 0.231 e. The van der Waals surface area contributed by atoms with Crippen LogP contribution in [0.3, 0.4) is 0 Å². The third kappa shape index (κ3) is 3.03. The Morgan fingerprint density at radius 3 is 2.79 bits per heavy atom. The standard InChI is InChI=1S/C17H18N4O2S/c1-11-19-20-15(23-11)10-16(22)21-8-6-12(7-9-21)17-18-13-4-2-3-5-14(13)24-17/h2-5,12H,6-10H2,1H3. The molecule has 0 spiro atoms. The van der Waals surface area contributed by atoms with Crippen molar-refractivity contribution < 1.29 is 9.21 Å². The third-order valence-corrected chi connectivity index (χ3v) is 5.58. The van der Waals surface area contributed by atoms with Crippen LogP contribution in [0.1, 0.15) is 35.5 Å². The van der Waals surface area contributed by atoms with Crippen molar-refractivity contribution in [2.24, 2.45) is 0 Å². The molecule has 6 nitrogen and oxygen atoms in total. The first kappa shape index (κ1) is 15.3. The second-order valence-electron chi connectivity index (χ2n) is 6.07. The molecule has 4 rings (SSSR count). The maximum absolute atomic E-state index is 12.3. The summed E-state index contributed by atoms with van der Waals surface area (Å²) in [5, 5.41) is 8.85. The van der Waals surface area contributed by atoms with Gasteiger partial charge in [0.05, 0.1) is 15.2 Å². The van der Waals surface area contributed by atoms with Crippen LogP contribution in [0.25, 0.3) is 10.2 Å². The second kappa shape index (κ2) is 6.32. The molecule has 7 heteroatoms. The van der Waals surface area contributed by atoms with Crippen LogP contribution in [-0.4, -0.2) is 39.1 Å². The number of para-hydroxylation sites is 1. The van der Waals surface area contributed by atoms with E-state index in [0.717, 1.165) is 31.4 Å². The molecule has 1 aromatic carbocycles. The number of thiazole rings is 1. The summed E-state index contributed by atoms with van der Waals surface area (Å²) < 4.78 is 6.53. The maximum atomic E-state index is 12.3. The number of hydrogen-bond acceptors (Lipinski definition) is 6. The highest BCUT2D eigenvalue weighted by atomic mass is 32.1. The monoisotopic (exact) mass is 342 g/mol. The van der Waals surface area contributed by atoms with E-state index in [1.165, 1.54) is 9.71 Å². The molecule has 1 fully saturated rings. The minimum absolute atomic E-state index is 0.0569. The molecule has 0 N–H and O–H groups in total. The van der Waals surface area contributed by atoms with E-state index >= 15 is 0 Å². The SMILES string of the molecule is Cc1nnc(CC(=O)N2CCC(c3nc4ccccc4s3)CC2)o1. The molecular formula is C17H18N4O2S. The van der Waals surface area contributed by atoms with Crippen molar-refractivity contribution in [3.63, 3.8) is 0 Å². The van der Waals surface area contributed by atoms with Crippen LogP contribution in [0, 0.1) is 6.92 Å². The predicted octanol–water partition coefficient (Wildman–Crippen LogP) is 2.94. The number of carbonyl (C=O) groups excluding carboxylic acids is 1. The number of hydrogen-bond donors (Lipinski definition) is 0. The summed E-state index contributed by atoms with van der Waals surface area (Å²) in [4.78, 5) is 19.0. The summed E-state index contributed by atoms with van der Waals surface area (Å²) in [5.74, 6) is 1.39. The molecule has 0 atom stereocenters. The summed E-state index contributed by atoms with van der Waals surface area (Å²) in [5.41, 5.74) is 1.07. The summed E-state index contributed by atoms with van der Waals surface area (Å²) in [6.07, 6.45) is 2.09. The average Bonchev–Trinajstić information content (AvgIpc) is 3.21. The Balaban J connectivity index is 1.38. The quantitative estimate of drug-likeness (QED) is 0.732. The van der Waals surface area contributed by atoms with E-state index in [0.29, 0.717) is 17.7 Å². The third-order valence-electron chi connectivity index (χ3n) is 4.38. The Bertz CT molecular complexity index is 831. The molecule has 124 valence electrons. The minimum atomic E-state index is 0.0569. The van der Waals surface area contributed by atoms with Crippen LogP contribution < -0.4 is 0 Å². The van der Waals surface area contributed by atoms with E-state index in [-0.39, 0.29) is 12.3 Å². The Morgan fingerprint density at radius 2 is 2.08 bits per heavy atom. The van der Waals surface area contributed by atoms with Crippen molar-refractivity contribution >= 4 is 27.5 Å². The molecule has 1 amide bonds. The van der Waals surface area contributed by atoms with Crippen molar-refractivity contribution in [1.29, 1.82) is 0 Å². The zero-order valence-corrected chi connectivity index (χ0v) is 14.3. The van der Waals surface area contributed by atoms with E-state index < -0.39 is 0 Å². The molecule has 1 aliphatic rings. The molecule has 3 heterocycles. The highest BCUT2D eigenvalue weighted by Gasteiger charge is 2.26. The molecule has 3 aromatic rings. The van der Waals surface area contributed by atoms with Gasteiger partial charge in [-0.05, 0) is 25.0 Å². The van der Waals surface area contributed by atoms with Gasteiger partial charge in [0.15, 0.2) is 0 Å². The Hall–Kier alpha value is -2.28. The number of nitrogens with zero attached hydrogens (tertiary/aromatic N) is 4. The molecule has 0 aliphatic carbocycles. The van der Waals surface area contributed by atoms with Crippen LogP contribution in [0.2, 0.25) is 0 Å². The number of rotatable bonds is 3. The van der Waals surface area contributed by atoms with E-state index in [1.54, 1.807) is 18.3 Å². The van der Waals surface area contributed by atoms with Crippen LogP contribution in [0.4, 0.5) is 0 Å². The minimum Gasteiger partial charge on any atom is -0.425 e. The van der Waals surface area contributed by atoms with Gasteiger partial charge < -0.3 is 9.32 Å². The fourth-order valence-corrected chi connectivity index (χ4v) is 4.23. The Morgan fingerprint density at radius 1 is 1.29 bits per heavy atom. The topological polar surface area (TPSA) is 72.1 Å². The predicted molar refractivity (Wildman–Crippen MR) is 90.9 cm³/mol. The molecule has 1 aliphatic heterocycles. The lowest BCUT2D eigenvalue weighted by molar-refractivity contribution is -0.131. The van der Waals surface area contributed by atoms with Crippen molar-refractivity contribution in [2.75, 3.05) is 13.1 Å². The van der Waals surface area contributed by atoms with Gasteiger partial charge in [0.1, 0.15) is 6.42 Å². The highest BCUT2D eigenvalue weighted by Crippen LogP contribution is 2.33. The lowest BCUT2D eigenvalue weighted by atomic mass is 9.97. The molecular weight excluding hydrogens is 324 g/mol. The maximum Gasteiger partial charge on any atom is 0.231 e. The summed E-state index contributed by atoms with van der Waals surface area (Å²) in [6.45, 7) is 3.24. The van der Waals surface area contributed by atoms with E-state index in [9.17, 15) is 4.79 Å². The number of benzene rings is 1. The Labute approximate surface area is 143 Å². The van der Waals surface area contributed by atoms with Crippen molar-refractivity contribution in [3.8, 4) is 0 Å². The number of amides is 1. The van der Waals surface area contributed by atoms with E-state index in [2.05, 4.69) is 22.3 Å². The van der Waals surface area contributed by atoms with Gasteiger partial charge in [-0.1, -0.05) is 12.1 Å². The Kier molecular flexibility index (Phi) is 4.02. The summed E-state index contributed by atoms with van der Waals surface area (Å²) in [7, 11) is 0. The first-order chi connectivity index (χ1) is 11.7. The van der Waals surface area contributed by atoms with Gasteiger partial charge in [-0.25, -0.2) is 4.98 Å². The molecule has 0 radical (unpaired) electrons.